The molecule has 0 bridgehead atoms. The molecule has 2 heteroatoms. The predicted molar refractivity (Wildman–Crippen MR) is 99.3 cm³/mol. The molecule has 0 amide bonds. The Morgan fingerprint density at radius 3 is 1.83 bits per heavy atom. The van der Waals surface area contributed by atoms with E-state index < -0.39 is 0 Å². The zero-order valence-corrected chi connectivity index (χ0v) is 14.6. The number of ether oxygens (including phenoxy) is 1. The molecule has 126 valence electrons. The van der Waals surface area contributed by atoms with Crippen molar-refractivity contribution in [3.05, 3.63) is 65.2 Å². The maximum Gasteiger partial charge on any atom is 0.119 e. The molecule has 2 aromatic rings. The molecule has 2 nitrogen and oxygen atoms in total. The largest absolute Gasteiger partial charge is 0.494 e. The molecule has 0 unspecified atom stereocenters. The molecule has 0 saturated carbocycles. The lowest BCUT2D eigenvalue weighted by Crippen LogP contribution is -1.95. The molecule has 0 aliphatic rings. The standard InChI is InChI=1S/C22H27NO/c1-2-17-24-22-15-13-20(14-16-22)8-6-4-3-5-7-19-9-11-21(18-23)12-10-19/h9-16H,2-8,17H2,1H3. The smallest absolute Gasteiger partial charge is 0.119 e. The van der Waals surface area contributed by atoms with E-state index in [4.69, 9.17) is 10.00 Å². The number of nitrogens with zero attached hydrogens (tertiary/aromatic N) is 1. The number of aryl methyl sites for hydroxylation is 2. The summed E-state index contributed by atoms with van der Waals surface area (Å²) in [5.74, 6) is 0.975. The number of hydrogen-bond donors (Lipinski definition) is 0. The summed E-state index contributed by atoms with van der Waals surface area (Å²) in [7, 11) is 0. The maximum absolute atomic E-state index is 8.79. The van der Waals surface area contributed by atoms with Crippen molar-refractivity contribution in [1.82, 2.24) is 0 Å². The molecule has 0 radical (unpaired) electrons. The molecule has 0 aliphatic heterocycles. The van der Waals surface area contributed by atoms with E-state index in [1.807, 2.05) is 12.1 Å². The fraction of sp³-hybridized carbons (Fsp3) is 0.409. The van der Waals surface area contributed by atoms with E-state index in [-0.39, 0.29) is 0 Å². The number of benzene rings is 2. The van der Waals surface area contributed by atoms with Crippen LogP contribution in [0.25, 0.3) is 0 Å². The van der Waals surface area contributed by atoms with Gasteiger partial charge in [-0.3, -0.25) is 0 Å². The predicted octanol–water partition coefficient (Wildman–Crippen LogP) is 5.69. The molecule has 0 aromatic heterocycles. The van der Waals surface area contributed by atoms with Gasteiger partial charge in [-0.1, -0.05) is 44.0 Å². The monoisotopic (exact) mass is 321 g/mol. The highest BCUT2D eigenvalue weighted by molar-refractivity contribution is 5.31. The molecular weight excluding hydrogens is 294 g/mol. The Kier molecular flexibility index (Phi) is 7.90. The second-order valence-corrected chi connectivity index (χ2v) is 6.22. The van der Waals surface area contributed by atoms with Gasteiger partial charge in [-0.2, -0.15) is 5.26 Å². The molecule has 0 heterocycles. The molecular formula is C22H27NO. The van der Waals surface area contributed by atoms with Crippen molar-refractivity contribution in [3.63, 3.8) is 0 Å². The summed E-state index contributed by atoms with van der Waals surface area (Å²) in [5, 5.41) is 8.79. The van der Waals surface area contributed by atoms with Gasteiger partial charge < -0.3 is 4.74 Å². The van der Waals surface area contributed by atoms with Crippen LogP contribution in [0.4, 0.5) is 0 Å². The average Bonchev–Trinajstić information content (AvgIpc) is 2.64. The van der Waals surface area contributed by atoms with Crippen LogP contribution >= 0.6 is 0 Å². The maximum atomic E-state index is 8.79. The van der Waals surface area contributed by atoms with Crippen LogP contribution in [0.5, 0.6) is 5.75 Å². The Hall–Kier alpha value is -2.27. The molecule has 0 fully saturated rings. The fourth-order valence-electron chi connectivity index (χ4n) is 2.73. The first kappa shape index (κ1) is 18.1. The summed E-state index contributed by atoms with van der Waals surface area (Å²) in [4.78, 5) is 0. The van der Waals surface area contributed by atoms with Crippen LogP contribution in [-0.4, -0.2) is 6.61 Å². The molecule has 0 spiro atoms. The van der Waals surface area contributed by atoms with E-state index in [0.717, 1.165) is 37.2 Å². The van der Waals surface area contributed by atoms with E-state index in [2.05, 4.69) is 49.4 Å². The average molecular weight is 321 g/mol. The van der Waals surface area contributed by atoms with Crippen molar-refractivity contribution < 1.29 is 4.74 Å². The van der Waals surface area contributed by atoms with Gasteiger partial charge in [0.1, 0.15) is 5.75 Å². The first-order valence-electron chi connectivity index (χ1n) is 9.02. The molecule has 0 saturated heterocycles. The van der Waals surface area contributed by atoms with Crippen LogP contribution in [0.2, 0.25) is 0 Å². The van der Waals surface area contributed by atoms with Crippen molar-refractivity contribution in [3.8, 4) is 11.8 Å². The lowest BCUT2D eigenvalue weighted by Gasteiger charge is -2.06. The van der Waals surface area contributed by atoms with Gasteiger partial charge in [0.25, 0.3) is 0 Å². The zero-order chi connectivity index (χ0) is 17.0. The number of nitriles is 1. The van der Waals surface area contributed by atoms with Crippen LogP contribution in [0, 0.1) is 11.3 Å². The molecule has 0 aliphatic carbocycles. The number of unbranched alkanes of at least 4 members (excludes halogenated alkanes) is 3. The Balaban J connectivity index is 1.58. The van der Waals surface area contributed by atoms with E-state index in [9.17, 15) is 0 Å². The van der Waals surface area contributed by atoms with Gasteiger partial charge in [0.15, 0.2) is 0 Å². The van der Waals surface area contributed by atoms with E-state index in [0.29, 0.717) is 0 Å². The van der Waals surface area contributed by atoms with Gasteiger partial charge in [-0.05, 0) is 67.5 Å². The minimum atomic E-state index is 0.741. The van der Waals surface area contributed by atoms with Gasteiger partial charge in [0.05, 0.1) is 18.2 Å². The van der Waals surface area contributed by atoms with Crippen molar-refractivity contribution >= 4 is 0 Å². The molecule has 2 aromatic carbocycles. The molecule has 0 atom stereocenters. The Bertz CT molecular complexity index is 623. The quantitative estimate of drug-likeness (QED) is 0.526. The van der Waals surface area contributed by atoms with E-state index in [1.165, 1.54) is 36.8 Å². The second kappa shape index (κ2) is 10.5. The topological polar surface area (TPSA) is 33.0 Å². The third-order valence-corrected chi connectivity index (χ3v) is 4.16. The Morgan fingerprint density at radius 1 is 0.792 bits per heavy atom. The van der Waals surface area contributed by atoms with Gasteiger partial charge in [0.2, 0.25) is 0 Å². The fourth-order valence-corrected chi connectivity index (χ4v) is 2.73. The highest BCUT2D eigenvalue weighted by atomic mass is 16.5. The summed E-state index contributed by atoms with van der Waals surface area (Å²) >= 11 is 0. The summed E-state index contributed by atoms with van der Waals surface area (Å²) in [6, 6.07) is 18.6. The van der Waals surface area contributed by atoms with Gasteiger partial charge in [-0.15, -0.1) is 0 Å². The zero-order valence-electron chi connectivity index (χ0n) is 14.6. The van der Waals surface area contributed by atoms with Crippen LogP contribution < -0.4 is 4.74 Å². The SMILES string of the molecule is CCCOc1ccc(CCCCCCc2ccc(C#N)cc2)cc1. The highest BCUT2D eigenvalue weighted by Crippen LogP contribution is 2.15. The normalized spacial score (nSPS) is 10.3. The van der Waals surface area contributed by atoms with Crippen LogP contribution in [0.15, 0.2) is 48.5 Å². The van der Waals surface area contributed by atoms with Crippen molar-refractivity contribution in [1.29, 1.82) is 5.26 Å². The molecule has 24 heavy (non-hydrogen) atoms. The van der Waals surface area contributed by atoms with Crippen molar-refractivity contribution in [2.24, 2.45) is 0 Å². The summed E-state index contributed by atoms with van der Waals surface area (Å²) in [6.45, 7) is 2.91. The first-order chi connectivity index (χ1) is 11.8. The van der Waals surface area contributed by atoms with Crippen LogP contribution in [0.1, 0.15) is 55.7 Å². The minimum Gasteiger partial charge on any atom is -0.494 e. The summed E-state index contributed by atoms with van der Waals surface area (Å²) < 4.78 is 5.61. The van der Waals surface area contributed by atoms with Crippen molar-refractivity contribution in [2.45, 2.75) is 51.9 Å². The molecule has 2 rings (SSSR count). The Morgan fingerprint density at radius 2 is 1.33 bits per heavy atom. The first-order valence-corrected chi connectivity index (χ1v) is 9.02. The molecule has 0 N–H and O–H groups in total. The van der Waals surface area contributed by atoms with Gasteiger partial charge >= 0.3 is 0 Å². The van der Waals surface area contributed by atoms with Gasteiger partial charge in [-0.25, -0.2) is 0 Å². The minimum absolute atomic E-state index is 0.741. The third kappa shape index (κ3) is 6.46. The Labute approximate surface area is 146 Å². The van der Waals surface area contributed by atoms with Crippen LogP contribution in [0.3, 0.4) is 0 Å². The van der Waals surface area contributed by atoms with Crippen LogP contribution in [-0.2, 0) is 12.8 Å². The third-order valence-electron chi connectivity index (χ3n) is 4.16. The lowest BCUT2D eigenvalue weighted by atomic mass is 10.0. The van der Waals surface area contributed by atoms with E-state index in [1.54, 1.807) is 0 Å². The summed E-state index contributed by atoms with van der Waals surface area (Å²) in [6.07, 6.45) is 8.28. The lowest BCUT2D eigenvalue weighted by molar-refractivity contribution is 0.317. The highest BCUT2D eigenvalue weighted by Gasteiger charge is 1.98. The van der Waals surface area contributed by atoms with E-state index >= 15 is 0 Å². The number of hydrogen-bond acceptors (Lipinski definition) is 2. The second-order valence-electron chi connectivity index (χ2n) is 6.22. The summed E-state index contributed by atoms with van der Waals surface area (Å²) in [5.41, 5.74) is 3.47. The number of rotatable bonds is 10. The van der Waals surface area contributed by atoms with Crippen molar-refractivity contribution in [2.75, 3.05) is 6.61 Å². The van der Waals surface area contributed by atoms with Gasteiger partial charge in [0, 0.05) is 0 Å².